The molecule has 9 nitrogen and oxygen atoms in total. The van der Waals surface area contributed by atoms with Crippen molar-refractivity contribution in [2.75, 3.05) is 13.1 Å². The van der Waals surface area contributed by atoms with Crippen LogP contribution < -0.4 is 10.6 Å². The molecule has 2 N–H and O–H groups in total. The summed E-state index contributed by atoms with van der Waals surface area (Å²) in [5, 5.41) is 17.1. The number of hydrogen-bond donors (Lipinski definition) is 2. The Morgan fingerprint density at radius 2 is 1.51 bits per heavy atom. The number of carbonyl (C=O) groups excluding carboxylic acids is 2. The van der Waals surface area contributed by atoms with Gasteiger partial charge in [-0.3, -0.25) is 9.59 Å². The van der Waals surface area contributed by atoms with Crippen LogP contribution in [0, 0.1) is 5.92 Å². The number of hydrogen-bond acceptors (Lipinski definition) is 6. The van der Waals surface area contributed by atoms with Crippen LogP contribution in [0.4, 0.5) is 13.2 Å². The third kappa shape index (κ3) is 5.83. The van der Waals surface area contributed by atoms with Gasteiger partial charge in [0.2, 0.25) is 17.7 Å². The summed E-state index contributed by atoms with van der Waals surface area (Å²) in [5.74, 6) is 0.716. The van der Waals surface area contributed by atoms with Crippen LogP contribution in [0.25, 0.3) is 5.69 Å². The van der Waals surface area contributed by atoms with Gasteiger partial charge in [-0.15, -0.1) is 10.2 Å². The van der Waals surface area contributed by atoms with Crippen LogP contribution in [0.2, 0.25) is 0 Å². The highest BCUT2D eigenvalue weighted by molar-refractivity contribution is 5.95. The van der Waals surface area contributed by atoms with Crippen molar-refractivity contribution in [3.8, 4) is 5.69 Å². The Bertz CT molecular complexity index is 1240. The zero-order chi connectivity index (χ0) is 26.0. The number of rotatable bonds is 8. The second kappa shape index (κ2) is 10.3. The standard InChI is InChI=1S/C25H27F3N6O3/c26-25(27,28)20-19(14-34(33-20)18-4-2-1-3-5-18)22(36)30-13-12-29-21(35)15-6-8-16(9-7-15)23-31-32-24(37-23)17-10-11-17/h1-5,14-17H,6-13H2,(H,29,35)(H,30,36)/t15-,16-. The van der Waals surface area contributed by atoms with E-state index >= 15 is 0 Å². The van der Waals surface area contributed by atoms with Gasteiger partial charge >= 0.3 is 6.18 Å². The van der Waals surface area contributed by atoms with Crippen molar-refractivity contribution in [1.29, 1.82) is 0 Å². The van der Waals surface area contributed by atoms with Crippen LogP contribution in [0.3, 0.4) is 0 Å². The normalized spacial score (nSPS) is 20.0. The number of amides is 2. The Morgan fingerprint density at radius 3 is 2.11 bits per heavy atom. The van der Waals surface area contributed by atoms with Crippen molar-refractivity contribution < 1.29 is 27.2 Å². The summed E-state index contributed by atoms with van der Waals surface area (Å²) < 4.78 is 47.3. The minimum Gasteiger partial charge on any atom is -0.425 e. The van der Waals surface area contributed by atoms with Gasteiger partial charge in [0.05, 0.1) is 11.3 Å². The number of halogens is 3. The number of aromatic nitrogens is 4. The molecule has 0 radical (unpaired) electrons. The minimum atomic E-state index is -4.79. The van der Waals surface area contributed by atoms with Crippen molar-refractivity contribution in [1.82, 2.24) is 30.6 Å². The molecule has 2 aromatic heterocycles. The minimum absolute atomic E-state index is 0.0142. The van der Waals surface area contributed by atoms with Crippen molar-refractivity contribution >= 4 is 11.8 Å². The number of alkyl halides is 3. The zero-order valence-electron chi connectivity index (χ0n) is 20.0. The summed E-state index contributed by atoms with van der Waals surface area (Å²) in [6.07, 6.45) is 1.35. The predicted molar refractivity (Wildman–Crippen MR) is 125 cm³/mol. The Labute approximate surface area is 210 Å². The lowest BCUT2D eigenvalue weighted by atomic mass is 9.81. The summed E-state index contributed by atoms with van der Waals surface area (Å²) in [7, 11) is 0. The number of carbonyl (C=O) groups is 2. The highest BCUT2D eigenvalue weighted by atomic mass is 19.4. The molecule has 0 unspecified atom stereocenters. The van der Waals surface area contributed by atoms with Gasteiger partial charge in [-0.05, 0) is 50.7 Å². The largest absolute Gasteiger partial charge is 0.435 e. The molecule has 2 fully saturated rings. The molecule has 12 heteroatoms. The topological polar surface area (TPSA) is 115 Å². The third-order valence-electron chi connectivity index (χ3n) is 6.79. The molecular formula is C25H27F3N6O3. The lowest BCUT2D eigenvalue weighted by Gasteiger charge is -2.25. The molecule has 2 saturated carbocycles. The van der Waals surface area contributed by atoms with E-state index in [1.807, 2.05) is 0 Å². The summed E-state index contributed by atoms with van der Waals surface area (Å²) in [6.45, 7) is 0.0900. The van der Waals surface area contributed by atoms with Gasteiger partial charge < -0.3 is 15.1 Å². The fraction of sp³-hybridized carbons (Fsp3) is 0.480. The average molecular weight is 517 g/mol. The highest BCUT2D eigenvalue weighted by Gasteiger charge is 2.39. The van der Waals surface area contributed by atoms with E-state index in [1.54, 1.807) is 30.3 Å². The molecule has 0 saturated heterocycles. The van der Waals surface area contributed by atoms with Crippen LogP contribution in [0.1, 0.15) is 78.2 Å². The number of benzene rings is 1. The molecule has 3 aromatic rings. The second-order valence-corrected chi connectivity index (χ2v) is 9.52. The van der Waals surface area contributed by atoms with Gasteiger partial charge in [0, 0.05) is 37.0 Å². The highest BCUT2D eigenvalue weighted by Crippen LogP contribution is 2.41. The van der Waals surface area contributed by atoms with Gasteiger partial charge in [0.15, 0.2) is 5.69 Å². The van der Waals surface area contributed by atoms with E-state index in [0.717, 1.165) is 36.6 Å². The van der Waals surface area contributed by atoms with Crippen molar-refractivity contribution in [2.45, 2.75) is 56.5 Å². The Morgan fingerprint density at radius 1 is 0.919 bits per heavy atom. The van der Waals surface area contributed by atoms with Crippen LogP contribution in [0.15, 0.2) is 40.9 Å². The van der Waals surface area contributed by atoms with E-state index < -0.39 is 23.3 Å². The Balaban J connectivity index is 1.09. The Hall–Kier alpha value is -3.70. The SMILES string of the molecule is O=C(NCCNC(=O)[C@H]1CC[C@H](c2nnc(C3CC3)o2)CC1)c1cn(-c2ccccc2)nc1C(F)(F)F. The molecule has 2 heterocycles. The first kappa shape index (κ1) is 25.0. The molecule has 1 aromatic carbocycles. The number of nitrogens with one attached hydrogen (secondary N) is 2. The van der Waals surface area contributed by atoms with Gasteiger partial charge in [0.1, 0.15) is 0 Å². The molecule has 5 rings (SSSR count). The van der Waals surface area contributed by atoms with E-state index in [1.165, 1.54) is 0 Å². The molecule has 2 aliphatic rings. The lowest BCUT2D eigenvalue weighted by molar-refractivity contribution is -0.141. The Kier molecular flexibility index (Phi) is 6.98. The number of para-hydroxylation sites is 1. The van der Waals surface area contributed by atoms with Crippen LogP contribution in [0.5, 0.6) is 0 Å². The maximum absolute atomic E-state index is 13.5. The quantitative estimate of drug-likeness (QED) is 0.438. The smallest absolute Gasteiger partial charge is 0.425 e. The predicted octanol–water partition coefficient (Wildman–Crippen LogP) is 3.97. The first-order valence-electron chi connectivity index (χ1n) is 12.4. The van der Waals surface area contributed by atoms with E-state index in [-0.39, 0.29) is 30.8 Å². The molecule has 0 aliphatic heterocycles. The molecule has 37 heavy (non-hydrogen) atoms. The summed E-state index contributed by atoms with van der Waals surface area (Å²) in [6, 6.07) is 8.23. The van der Waals surface area contributed by atoms with Crippen molar-refractivity contribution in [2.24, 2.45) is 5.92 Å². The van der Waals surface area contributed by atoms with Gasteiger partial charge in [0.25, 0.3) is 5.91 Å². The molecular weight excluding hydrogens is 489 g/mol. The fourth-order valence-electron chi connectivity index (χ4n) is 4.57. The van der Waals surface area contributed by atoms with E-state index in [0.29, 0.717) is 36.2 Å². The van der Waals surface area contributed by atoms with Crippen LogP contribution in [-0.2, 0) is 11.0 Å². The van der Waals surface area contributed by atoms with Crippen LogP contribution >= 0.6 is 0 Å². The van der Waals surface area contributed by atoms with E-state index in [4.69, 9.17) is 4.42 Å². The molecule has 0 spiro atoms. The molecule has 0 atom stereocenters. The molecule has 0 bridgehead atoms. The first-order chi connectivity index (χ1) is 17.8. The van der Waals surface area contributed by atoms with Gasteiger partial charge in [-0.25, -0.2) is 4.68 Å². The lowest BCUT2D eigenvalue weighted by Crippen LogP contribution is -2.38. The second-order valence-electron chi connectivity index (χ2n) is 9.52. The summed E-state index contributed by atoms with van der Waals surface area (Å²) >= 11 is 0. The fourth-order valence-corrected chi connectivity index (χ4v) is 4.57. The molecule has 196 valence electrons. The van der Waals surface area contributed by atoms with Crippen LogP contribution in [-0.4, -0.2) is 44.9 Å². The van der Waals surface area contributed by atoms with Crippen molar-refractivity contribution in [3.05, 3.63) is 59.6 Å². The maximum atomic E-state index is 13.5. The molecule has 2 amide bonds. The van der Waals surface area contributed by atoms with E-state index in [9.17, 15) is 22.8 Å². The zero-order valence-corrected chi connectivity index (χ0v) is 20.0. The first-order valence-corrected chi connectivity index (χ1v) is 12.4. The number of nitrogens with zero attached hydrogens (tertiary/aromatic N) is 4. The average Bonchev–Trinajstić information content (AvgIpc) is 3.44. The molecule has 2 aliphatic carbocycles. The van der Waals surface area contributed by atoms with E-state index in [2.05, 4.69) is 25.9 Å². The van der Waals surface area contributed by atoms with Crippen molar-refractivity contribution in [3.63, 3.8) is 0 Å². The van der Waals surface area contributed by atoms with Gasteiger partial charge in [-0.1, -0.05) is 18.2 Å². The monoisotopic (exact) mass is 516 g/mol. The third-order valence-corrected chi connectivity index (χ3v) is 6.79. The van der Waals surface area contributed by atoms with Gasteiger partial charge in [-0.2, -0.15) is 18.3 Å². The summed E-state index contributed by atoms with van der Waals surface area (Å²) in [5.41, 5.74) is -1.44. The summed E-state index contributed by atoms with van der Waals surface area (Å²) in [4.78, 5) is 25.1. The maximum Gasteiger partial charge on any atom is 0.435 e.